The predicted molar refractivity (Wildman–Crippen MR) is 110 cm³/mol. The van der Waals surface area contributed by atoms with Gasteiger partial charge in [-0.1, -0.05) is 34.1 Å². The number of halogens is 1. The minimum atomic E-state index is -3.52. The number of anilines is 1. The Morgan fingerprint density at radius 1 is 1.04 bits per heavy atom. The Bertz CT molecular complexity index is 914. The molecule has 1 N–H and O–H groups in total. The van der Waals surface area contributed by atoms with Crippen molar-refractivity contribution in [2.24, 2.45) is 5.92 Å². The Morgan fingerprint density at radius 2 is 1.59 bits per heavy atom. The second-order valence-corrected chi connectivity index (χ2v) is 9.74. The molecule has 0 aromatic heterocycles. The number of hydrogen-bond donors (Lipinski definition) is 1. The third kappa shape index (κ3) is 4.42. The van der Waals surface area contributed by atoms with Crippen LogP contribution < -0.4 is 5.32 Å². The maximum atomic E-state index is 12.8. The average molecular weight is 451 g/mol. The molecule has 0 bridgehead atoms. The lowest BCUT2D eigenvalue weighted by Crippen LogP contribution is -2.41. The van der Waals surface area contributed by atoms with Crippen LogP contribution in [0.1, 0.15) is 24.0 Å². The molecule has 1 heterocycles. The van der Waals surface area contributed by atoms with Gasteiger partial charge in [0.25, 0.3) is 0 Å². The van der Waals surface area contributed by atoms with Crippen molar-refractivity contribution in [3.8, 4) is 0 Å². The molecule has 0 saturated carbocycles. The van der Waals surface area contributed by atoms with Crippen LogP contribution in [0.15, 0.2) is 51.8 Å². The van der Waals surface area contributed by atoms with Crippen LogP contribution in [0.3, 0.4) is 0 Å². The number of nitrogens with one attached hydrogen (secondary N) is 1. The van der Waals surface area contributed by atoms with Crippen molar-refractivity contribution in [3.63, 3.8) is 0 Å². The Morgan fingerprint density at radius 3 is 2.15 bits per heavy atom. The van der Waals surface area contributed by atoms with E-state index < -0.39 is 10.0 Å². The maximum Gasteiger partial charge on any atom is 0.243 e. The number of sulfonamides is 1. The number of carbonyl (C=O) groups excluding carboxylic acids is 1. The van der Waals surface area contributed by atoms with Crippen molar-refractivity contribution >= 4 is 37.5 Å². The highest BCUT2D eigenvalue weighted by atomic mass is 79.9. The molecule has 0 spiro atoms. The van der Waals surface area contributed by atoms with Crippen LogP contribution in [0.5, 0.6) is 0 Å². The number of nitrogens with zero attached hydrogens (tertiary/aromatic N) is 1. The molecule has 0 radical (unpaired) electrons. The number of amides is 1. The molecule has 0 aliphatic carbocycles. The van der Waals surface area contributed by atoms with Gasteiger partial charge in [-0.3, -0.25) is 4.79 Å². The van der Waals surface area contributed by atoms with Crippen LogP contribution in [0, 0.1) is 19.8 Å². The molecule has 5 nitrogen and oxygen atoms in total. The molecule has 1 saturated heterocycles. The fourth-order valence-electron chi connectivity index (χ4n) is 3.35. The number of para-hydroxylation sites is 1. The van der Waals surface area contributed by atoms with E-state index in [-0.39, 0.29) is 16.7 Å². The van der Waals surface area contributed by atoms with Crippen LogP contribution >= 0.6 is 15.9 Å². The largest absolute Gasteiger partial charge is 0.325 e. The lowest BCUT2D eigenvalue weighted by atomic mass is 9.96. The molecule has 2 aromatic carbocycles. The van der Waals surface area contributed by atoms with Gasteiger partial charge in [0.1, 0.15) is 0 Å². The number of carbonyl (C=O) groups is 1. The van der Waals surface area contributed by atoms with Gasteiger partial charge in [0, 0.05) is 29.2 Å². The zero-order valence-corrected chi connectivity index (χ0v) is 17.8. The highest BCUT2D eigenvalue weighted by Crippen LogP contribution is 2.27. The van der Waals surface area contributed by atoms with Crippen LogP contribution in [0.25, 0.3) is 0 Å². The van der Waals surface area contributed by atoms with Crippen molar-refractivity contribution in [2.45, 2.75) is 31.6 Å². The Labute approximate surface area is 169 Å². The minimum Gasteiger partial charge on any atom is -0.325 e. The van der Waals surface area contributed by atoms with E-state index in [1.54, 1.807) is 24.3 Å². The first-order valence-corrected chi connectivity index (χ1v) is 11.1. The Kier molecular flexibility index (Phi) is 6.03. The fraction of sp³-hybridized carbons (Fsp3) is 0.350. The Balaban J connectivity index is 1.64. The van der Waals surface area contributed by atoms with Gasteiger partial charge in [0.2, 0.25) is 15.9 Å². The standard InChI is InChI=1S/C20H23BrN2O3S/c1-14-4-3-5-15(2)19(14)22-20(24)16-10-12-23(13-11-16)27(25,26)18-8-6-17(21)7-9-18/h3-9,16H,10-13H2,1-2H3,(H,22,24). The quantitative estimate of drug-likeness (QED) is 0.761. The molecule has 0 unspecified atom stereocenters. The molecule has 27 heavy (non-hydrogen) atoms. The summed E-state index contributed by atoms with van der Waals surface area (Å²) in [6.45, 7) is 4.64. The van der Waals surface area contributed by atoms with Gasteiger partial charge in [-0.25, -0.2) is 8.42 Å². The Hall–Kier alpha value is -1.70. The van der Waals surface area contributed by atoms with E-state index in [2.05, 4.69) is 21.2 Å². The topological polar surface area (TPSA) is 66.5 Å². The van der Waals surface area contributed by atoms with Crippen molar-refractivity contribution in [1.29, 1.82) is 0 Å². The van der Waals surface area contributed by atoms with E-state index in [4.69, 9.17) is 0 Å². The zero-order valence-electron chi connectivity index (χ0n) is 15.4. The van der Waals surface area contributed by atoms with Gasteiger partial charge in [0.05, 0.1) is 4.90 Å². The summed E-state index contributed by atoms with van der Waals surface area (Å²) in [6.07, 6.45) is 1.04. The summed E-state index contributed by atoms with van der Waals surface area (Å²) in [7, 11) is -3.52. The van der Waals surface area contributed by atoms with Crippen molar-refractivity contribution in [2.75, 3.05) is 18.4 Å². The van der Waals surface area contributed by atoms with E-state index in [1.807, 2.05) is 32.0 Å². The van der Waals surface area contributed by atoms with E-state index in [1.165, 1.54) is 4.31 Å². The van der Waals surface area contributed by atoms with Crippen LogP contribution in [0.4, 0.5) is 5.69 Å². The lowest BCUT2D eigenvalue weighted by molar-refractivity contribution is -0.120. The van der Waals surface area contributed by atoms with Gasteiger partial charge >= 0.3 is 0 Å². The number of piperidine rings is 1. The monoisotopic (exact) mass is 450 g/mol. The maximum absolute atomic E-state index is 12.8. The van der Waals surface area contributed by atoms with E-state index >= 15 is 0 Å². The van der Waals surface area contributed by atoms with Crippen LogP contribution in [-0.2, 0) is 14.8 Å². The van der Waals surface area contributed by atoms with Crippen LogP contribution in [-0.4, -0.2) is 31.7 Å². The number of rotatable bonds is 4. The highest BCUT2D eigenvalue weighted by molar-refractivity contribution is 9.10. The summed E-state index contributed by atoms with van der Waals surface area (Å²) in [5.41, 5.74) is 2.91. The molecule has 1 fully saturated rings. The molecular formula is C20H23BrN2O3S. The third-order valence-corrected chi connectivity index (χ3v) is 7.45. The van der Waals surface area contributed by atoms with Gasteiger partial charge < -0.3 is 5.32 Å². The van der Waals surface area contributed by atoms with Crippen molar-refractivity contribution < 1.29 is 13.2 Å². The lowest BCUT2D eigenvalue weighted by Gasteiger charge is -2.30. The number of hydrogen-bond acceptors (Lipinski definition) is 3. The number of aryl methyl sites for hydroxylation is 2. The summed E-state index contributed by atoms with van der Waals surface area (Å²) in [6, 6.07) is 12.5. The number of benzene rings is 2. The van der Waals surface area contributed by atoms with Crippen molar-refractivity contribution in [3.05, 3.63) is 58.1 Å². The second-order valence-electron chi connectivity index (χ2n) is 6.89. The molecule has 1 aliphatic heterocycles. The summed E-state index contributed by atoms with van der Waals surface area (Å²) in [5, 5.41) is 3.03. The average Bonchev–Trinajstić information content (AvgIpc) is 2.65. The summed E-state index contributed by atoms with van der Waals surface area (Å²) >= 11 is 3.32. The zero-order chi connectivity index (χ0) is 19.6. The molecule has 1 amide bonds. The first-order chi connectivity index (χ1) is 12.8. The normalized spacial score (nSPS) is 16.3. The molecular weight excluding hydrogens is 428 g/mol. The highest BCUT2D eigenvalue weighted by Gasteiger charge is 2.32. The first-order valence-electron chi connectivity index (χ1n) is 8.92. The molecule has 144 valence electrons. The predicted octanol–water partition coefficient (Wildman–Crippen LogP) is 4.11. The third-order valence-electron chi connectivity index (χ3n) is 5.01. The van der Waals surface area contributed by atoms with Gasteiger partial charge in [-0.15, -0.1) is 0 Å². The second kappa shape index (κ2) is 8.12. The van der Waals surface area contributed by atoms with E-state index in [9.17, 15) is 13.2 Å². The van der Waals surface area contributed by atoms with Gasteiger partial charge in [-0.05, 0) is 62.1 Å². The smallest absolute Gasteiger partial charge is 0.243 e. The molecule has 3 rings (SSSR count). The molecule has 2 aromatic rings. The summed E-state index contributed by atoms with van der Waals surface area (Å²) in [4.78, 5) is 12.9. The van der Waals surface area contributed by atoms with Crippen LogP contribution in [0.2, 0.25) is 0 Å². The molecule has 1 aliphatic rings. The van der Waals surface area contributed by atoms with E-state index in [0.29, 0.717) is 25.9 Å². The fourth-order valence-corrected chi connectivity index (χ4v) is 5.08. The van der Waals surface area contributed by atoms with E-state index in [0.717, 1.165) is 21.3 Å². The van der Waals surface area contributed by atoms with Crippen molar-refractivity contribution in [1.82, 2.24) is 4.31 Å². The summed E-state index contributed by atoms with van der Waals surface area (Å²) in [5.74, 6) is -0.214. The van der Waals surface area contributed by atoms with Gasteiger partial charge in [-0.2, -0.15) is 4.31 Å². The summed E-state index contributed by atoms with van der Waals surface area (Å²) < 4.78 is 27.8. The molecule has 0 atom stereocenters. The first kappa shape index (κ1) is 20.0. The SMILES string of the molecule is Cc1cccc(C)c1NC(=O)C1CCN(S(=O)(=O)c2ccc(Br)cc2)CC1. The molecule has 7 heteroatoms. The minimum absolute atomic E-state index is 0.0342. The van der Waals surface area contributed by atoms with Gasteiger partial charge in [0.15, 0.2) is 0 Å².